The Kier molecular flexibility index (Phi) is 45.3. The van der Waals surface area contributed by atoms with E-state index in [-0.39, 0.29) is 57.3 Å². The molecule has 64 heavy (non-hydrogen) atoms. The lowest BCUT2D eigenvalue weighted by Gasteiger charge is -2.20. The summed E-state index contributed by atoms with van der Waals surface area (Å²) in [5, 5.41) is 0. The fourth-order valence-electron chi connectivity index (χ4n) is 7.23. The fraction of sp³-hybridized carbons (Fsp3) is 0.923. The van der Waals surface area contributed by atoms with E-state index in [9.17, 15) is 19.2 Å². The van der Waals surface area contributed by atoms with Gasteiger partial charge < -0.3 is 38.1 Å². The Hall–Kier alpha value is -2.44. The van der Waals surface area contributed by atoms with Gasteiger partial charge in [-0.3, -0.25) is 14.4 Å². The van der Waals surface area contributed by atoms with Crippen molar-refractivity contribution in [1.82, 2.24) is 4.90 Å². The Morgan fingerprint density at radius 2 is 0.859 bits per heavy atom. The van der Waals surface area contributed by atoms with E-state index in [1.807, 2.05) is 7.05 Å². The lowest BCUT2D eigenvalue weighted by molar-refractivity contribution is -0.161. The van der Waals surface area contributed by atoms with Crippen LogP contribution < -0.4 is 0 Å². The quantitative estimate of drug-likeness (QED) is 0.0249. The summed E-state index contributed by atoms with van der Waals surface area (Å²) in [6, 6.07) is 0. The SMILES string of the molecule is CCCCCCCCOC(CCC(=O)OCC(COC(=O)CCCCCCC(=O)OC(CCCCCC)CCCCCC)COC(=O)OCCCN(C)CC)OCCCCCCCC. The van der Waals surface area contributed by atoms with E-state index in [1.54, 1.807) is 0 Å². The Morgan fingerprint density at radius 3 is 1.38 bits per heavy atom. The second-order valence-corrected chi connectivity index (χ2v) is 17.9. The van der Waals surface area contributed by atoms with E-state index in [2.05, 4.69) is 39.5 Å². The molecule has 0 radical (unpaired) electrons. The minimum absolute atomic E-state index is 0.0165. The molecule has 0 saturated carbocycles. The van der Waals surface area contributed by atoms with Crippen LogP contribution in [0.3, 0.4) is 0 Å². The average molecular weight is 914 g/mol. The molecule has 0 amide bonds. The predicted molar refractivity (Wildman–Crippen MR) is 257 cm³/mol. The highest BCUT2D eigenvalue weighted by Gasteiger charge is 2.20. The van der Waals surface area contributed by atoms with Crippen LogP contribution in [0.25, 0.3) is 0 Å². The molecule has 0 saturated heterocycles. The van der Waals surface area contributed by atoms with Gasteiger partial charge in [-0.15, -0.1) is 0 Å². The Bertz CT molecular complexity index is 1050. The van der Waals surface area contributed by atoms with Crippen molar-refractivity contribution in [1.29, 1.82) is 0 Å². The lowest BCUT2D eigenvalue weighted by Crippen LogP contribution is -2.27. The van der Waals surface area contributed by atoms with Crippen LogP contribution in [-0.4, -0.2) is 101 Å². The van der Waals surface area contributed by atoms with E-state index >= 15 is 0 Å². The van der Waals surface area contributed by atoms with Crippen molar-refractivity contribution >= 4 is 24.1 Å². The van der Waals surface area contributed by atoms with Gasteiger partial charge in [0.25, 0.3) is 0 Å². The van der Waals surface area contributed by atoms with Crippen LogP contribution in [0.15, 0.2) is 0 Å². The topological polar surface area (TPSA) is 136 Å². The highest BCUT2D eigenvalue weighted by Crippen LogP contribution is 2.18. The maximum absolute atomic E-state index is 13.0. The number of rotatable bonds is 48. The molecule has 1 unspecified atom stereocenters. The van der Waals surface area contributed by atoms with E-state index in [1.165, 1.54) is 89.9 Å². The van der Waals surface area contributed by atoms with Gasteiger partial charge in [0, 0.05) is 39.0 Å². The third-order valence-electron chi connectivity index (χ3n) is 11.6. The van der Waals surface area contributed by atoms with Gasteiger partial charge in [-0.05, 0) is 71.4 Å². The minimum atomic E-state index is -0.812. The molecule has 0 rings (SSSR count). The molecule has 0 fully saturated rings. The number of hydrogen-bond donors (Lipinski definition) is 0. The van der Waals surface area contributed by atoms with Crippen LogP contribution in [0.2, 0.25) is 0 Å². The lowest BCUT2D eigenvalue weighted by atomic mass is 10.0. The smallest absolute Gasteiger partial charge is 0.465 e. The molecule has 0 bridgehead atoms. The normalized spacial score (nSPS) is 12.0. The third kappa shape index (κ3) is 42.2. The number of carbonyl (C=O) groups is 4. The van der Waals surface area contributed by atoms with Crippen molar-refractivity contribution < 1.29 is 52.3 Å². The molecule has 12 nitrogen and oxygen atoms in total. The zero-order valence-corrected chi connectivity index (χ0v) is 42.2. The summed E-state index contributed by atoms with van der Waals surface area (Å²) in [6.07, 6.45) is 28.7. The van der Waals surface area contributed by atoms with E-state index in [0.717, 1.165) is 83.7 Å². The minimum Gasteiger partial charge on any atom is -0.465 e. The van der Waals surface area contributed by atoms with E-state index in [0.29, 0.717) is 38.9 Å². The van der Waals surface area contributed by atoms with Crippen LogP contribution >= 0.6 is 0 Å². The molecule has 0 heterocycles. The first kappa shape index (κ1) is 61.6. The molecule has 12 heteroatoms. The Labute approximate surface area is 392 Å². The summed E-state index contributed by atoms with van der Waals surface area (Å²) in [7, 11) is 2.00. The first-order chi connectivity index (χ1) is 31.2. The fourth-order valence-corrected chi connectivity index (χ4v) is 7.23. The van der Waals surface area contributed by atoms with Gasteiger partial charge in [-0.1, -0.05) is 150 Å². The molecule has 0 aromatic carbocycles. The summed E-state index contributed by atoms with van der Waals surface area (Å²) < 4.78 is 39.9. The van der Waals surface area contributed by atoms with Crippen LogP contribution in [0.5, 0.6) is 0 Å². The molecular weight excluding hydrogens is 815 g/mol. The van der Waals surface area contributed by atoms with Gasteiger partial charge >= 0.3 is 24.1 Å². The number of unbranched alkanes of at least 4 members (excludes halogenated alkanes) is 19. The summed E-state index contributed by atoms with van der Waals surface area (Å²) in [4.78, 5) is 52.9. The van der Waals surface area contributed by atoms with Gasteiger partial charge in [0.2, 0.25) is 0 Å². The summed E-state index contributed by atoms with van der Waals surface area (Å²) in [6.45, 7) is 13.7. The molecule has 0 aliphatic heterocycles. The van der Waals surface area contributed by atoms with Crippen LogP contribution in [0.4, 0.5) is 4.79 Å². The van der Waals surface area contributed by atoms with Gasteiger partial charge in [0.05, 0.1) is 18.9 Å². The maximum Gasteiger partial charge on any atom is 0.508 e. The molecule has 0 spiro atoms. The molecule has 0 aliphatic rings. The number of esters is 3. The van der Waals surface area contributed by atoms with Gasteiger partial charge in [0.15, 0.2) is 6.29 Å². The highest BCUT2D eigenvalue weighted by atomic mass is 16.7. The first-order valence-corrected chi connectivity index (χ1v) is 26.4. The summed E-state index contributed by atoms with van der Waals surface area (Å²) in [5.74, 6) is -1.48. The van der Waals surface area contributed by atoms with E-state index < -0.39 is 24.3 Å². The van der Waals surface area contributed by atoms with Crippen molar-refractivity contribution in [3.63, 3.8) is 0 Å². The number of carbonyl (C=O) groups excluding carboxylic acids is 4. The number of hydrogen-bond acceptors (Lipinski definition) is 12. The second kappa shape index (κ2) is 47.1. The zero-order valence-electron chi connectivity index (χ0n) is 42.2. The van der Waals surface area contributed by atoms with Crippen molar-refractivity contribution in [2.75, 3.05) is 59.8 Å². The van der Waals surface area contributed by atoms with Gasteiger partial charge in [-0.2, -0.15) is 0 Å². The second-order valence-electron chi connectivity index (χ2n) is 17.9. The Morgan fingerprint density at radius 1 is 0.422 bits per heavy atom. The standard InChI is InChI=1S/C52H99NO11/c1-7-12-16-20-24-30-40-58-51(59-41-31-25-21-17-13-8-2)38-37-49(55)62-44-46(45-63-52(57)60-42-32-39-53(6)11-5)43-61-48(54)35-28-22-23-29-36-50(56)64-47(33-26-18-14-9-3)34-27-19-15-10-4/h46-47,51H,7-45H2,1-6H3. The van der Waals surface area contributed by atoms with Gasteiger partial charge in [0.1, 0.15) is 25.9 Å². The summed E-state index contributed by atoms with van der Waals surface area (Å²) >= 11 is 0. The largest absolute Gasteiger partial charge is 0.508 e. The molecule has 1 atom stereocenters. The van der Waals surface area contributed by atoms with Crippen molar-refractivity contribution in [3.8, 4) is 0 Å². The summed E-state index contributed by atoms with van der Waals surface area (Å²) in [5.41, 5.74) is 0. The van der Waals surface area contributed by atoms with Crippen molar-refractivity contribution in [2.45, 2.75) is 246 Å². The molecule has 378 valence electrons. The van der Waals surface area contributed by atoms with Crippen molar-refractivity contribution in [2.24, 2.45) is 5.92 Å². The molecular formula is C52H99NO11. The molecule has 0 aliphatic carbocycles. The number of nitrogens with zero attached hydrogens (tertiary/aromatic N) is 1. The first-order valence-electron chi connectivity index (χ1n) is 26.4. The zero-order chi connectivity index (χ0) is 47.1. The highest BCUT2D eigenvalue weighted by molar-refractivity contribution is 5.70. The maximum atomic E-state index is 13.0. The molecule has 0 N–H and O–H groups in total. The predicted octanol–water partition coefficient (Wildman–Crippen LogP) is 13.2. The number of ether oxygens (including phenoxy) is 7. The molecule has 0 aromatic rings. The van der Waals surface area contributed by atoms with Crippen molar-refractivity contribution in [3.05, 3.63) is 0 Å². The van der Waals surface area contributed by atoms with Crippen LogP contribution in [0, 0.1) is 5.92 Å². The van der Waals surface area contributed by atoms with E-state index in [4.69, 9.17) is 33.2 Å². The van der Waals surface area contributed by atoms with Crippen LogP contribution in [0.1, 0.15) is 234 Å². The monoisotopic (exact) mass is 914 g/mol. The average Bonchev–Trinajstić information content (AvgIpc) is 3.29. The van der Waals surface area contributed by atoms with Crippen LogP contribution in [-0.2, 0) is 47.5 Å². The third-order valence-corrected chi connectivity index (χ3v) is 11.6. The molecule has 0 aromatic heterocycles. The van der Waals surface area contributed by atoms with Gasteiger partial charge in [-0.25, -0.2) is 4.79 Å². The Balaban J connectivity index is 4.98.